The molecular formula is C4H7FN. The standard InChI is InChI=1S/C4H7FN/c5-4-1-2-6-3-4/h3-4,6H,1-2H2. The Kier molecular flexibility index (Phi) is 1.05. The van der Waals surface area contributed by atoms with Gasteiger partial charge in [0.1, 0.15) is 6.17 Å². The highest BCUT2D eigenvalue weighted by Crippen LogP contribution is 2.04. The minimum atomic E-state index is -0.690. The van der Waals surface area contributed by atoms with Gasteiger partial charge < -0.3 is 5.32 Å². The molecule has 6 heavy (non-hydrogen) atoms. The number of alkyl halides is 1. The Morgan fingerprint density at radius 1 is 1.83 bits per heavy atom. The molecule has 35 valence electrons. The minimum absolute atomic E-state index is 0.653. The first kappa shape index (κ1) is 4.06. The first-order valence-corrected chi connectivity index (χ1v) is 2.10. The number of hydrogen-bond donors (Lipinski definition) is 1. The number of halogens is 1. The predicted octanol–water partition coefficient (Wildman–Crippen LogP) is 0.480. The second kappa shape index (κ2) is 1.56. The van der Waals surface area contributed by atoms with Gasteiger partial charge in [0, 0.05) is 0 Å². The Labute approximate surface area is 36.5 Å². The fourth-order valence-electron chi connectivity index (χ4n) is 0.516. The van der Waals surface area contributed by atoms with Crippen LogP contribution in [0.1, 0.15) is 6.42 Å². The molecule has 0 aromatic heterocycles. The molecule has 0 amide bonds. The van der Waals surface area contributed by atoms with Crippen LogP contribution in [0.15, 0.2) is 0 Å². The molecule has 2 heteroatoms. The van der Waals surface area contributed by atoms with Gasteiger partial charge in [-0.25, -0.2) is 4.39 Å². The summed E-state index contributed by atoms with van der Waals surface area (Å²) in [6, 6.07) is 0. The van der Waals surface area contributed by atoms with Crippen LogP contribution < -0.4 is 5.32 Å². The van der Waals surface area contributed by atoms with Crippen LogP contribution in [0.4, 0.5) is 4.39 Å². The van der Waals surface area contributed by atoms with Crippen LogP contribution in [-0.2, 0) is 0 Å². The van der Waals surface area contributed by atoms with Crippen molar-refractivity contribution >= 4 is 0 Å². The lowest BCUT2D eigenvalue weighted by molar-refractivity contribution is 0.389. The van der Waals surface area contributed by atoms with Crippen molar-refractivity contribution in [2.45, 2.75) is 12.6 Å². The Morgan fingerprint density at radius 2 is 2.67 bits per heavy atom. The van der Waals surface area contributed by atoms with Gasteiger partial charge in [0.2, 0.25) is 0 Å². The first-order valence-electron chi connectivity index (χ1n) is 2.10. The molecule has 1 rings (SSSR count). The molecule has 1 nitrogen and oxygen atoms in total. The molecule has 0 aliphatic carbocycles. The summed E-state index contributed by atoms with van der Waals surface area (Å²) in [7, 11) is 0. The lowest BCUT2D eigenvalue weighted by Gasteiger charge is -1.85. The zero-order chi connectivity index (χ0) is 4.41. The molecule has 1 fully saturated rings. The van der Waals surface area contributed by atoms with Gasteiger partial charge >= 0.3 is 0 Å². The van der Waals surface area contributed by atoms with E-state index in [1.807, 2.05) is 0 Å². The van der Waals surface area contributed by atoms with E-state index in [9.17, 15) is 4.39 Å². The molecular weight excluding hydrogens is 81.0 g/mol. The maximum atomic E-state index is 11.8. The average Bonchev–Trinajstić information content (AvgIpc) is 1.86. The summed E-state index contributed by atoms with van der Waals surface area (Å²) >= 11 is 0. The average molecular weight is 88.1 g/mol. The Balaban J connectivity index is 2.18. The molecule has 1 saturated heterocycles. The summed E-state index contributed by atoms with van der Waals surface area (Å²) in [6.07, 6.45) is -0.0370. The van der Waals surface area contributed by atoms with Gasteiger partial charge in [0.15, 0.2) is 0 Å². The van der Waals surface area contributed by atoms with Gasteiger partial charge in [-0.05, 0) is 13.0 Å². The van der Waals surface area contributed by atoms with Crippen LogP contribution in [0, 0.1) is 6.54 Å². The van der Waals surface area contributed by atoms with Crippen LogP contribution in [0.3, 0.4) is 0 Å². The number of rotatable bonds is 0. The quantitative estimate of drug-likeness (QED) is 0.454. The molecule has 0 bridgehead atoms. The summed E-state index contributed by atoms with van der Waals surface area (Å²) in [5.74, 6) is 0. The second-order valence-electron chi connectivity index (χ2n) is 1.43. The highest BCUT2D eigenvalue weighted by atomic mass is 19.1. The fraction of sp³-hybridized carbons (Fsp3) is 0.750. The summed E-state index contributed by atoms with van der Waals surface area (Å²) in [5, 5.41) is 2.77. The maximum absolute atomic E-state index is 11.8. The molecule has 1 atom stereocenters. The van der Waals surface area contributed by atoms with Crippen molar-refractivity contribution < 1.29 is 4.39 Å². The van der Waals surface area contributed by atoms with E-state index in [1.54, 1.807) is 0 Å². The lowest BCUT2D eigenvalue weighted by atomic mass is 10.4. The zero-order valence-corrected chi connectivity index (χ0v) is 3.45. The van der Waals surface area contributed by atoms with Gasteiger partial charge in [-0.1, -0.05) is 0 Å². The SMILES string of the molecule is FC1[CH]NCC1. The summed E-state index contributed by atoms with van der Waals surface area (Å²) < 4.78 is 11.8. The highest BCUT2D eigenvalue weighted by Gasteiger charge is 2.11. The third-order valence-electron chi connectivity index (χ3n) is 0.863. The van der Waals surface area contributed by atoms with E-state index in [-0.39, 0.29) is 0 Å². The number of nitrogens with one attached hydrogen (secondary N) is 1. The third kappa shape index (κ3) is 0.684. The monoisotopic (exact) mass is 88.1 g/mol. The lowest BCUT2D eigenvalue weighted by Crippen LogP contribution is -2.00. The Morgan fingerprint density at radius 3 is 2.83 bits per heavy atom. The van der Waals surface area contributed by atoms with Gasteiger partial charge in [-0.3, -0.25) is 0 Å². The van der Waals surface area contributed by atoms with Crippen LogP contribution in [0.5, 0.6) is 0 Å². The van der Waals surface area contributed by atoms with Crippen LogP contribution in [0.2, 0.25) is 0 Å². The molecule has 0 aromatic rings. The van der Waals surface area contributed by atoms with Gasteiger partial charge in [0.05, 0.1) is 6.54 Å². The van der Waals surface area contributed by atoms with Gasteiger partial charge in [-0.15, -0.1) is 0 Å². The molecule has 1 heterocycles. The predicted molar refractivity (Wildman–Crippen MR) is 21.8 cm³/mol. The summed E-state index contributed by atoms with van der Waals surface area (Å²) in [4.78, 5) is 0. The molecule has 1 radical (unpaired) electrons. The zero-order valence-electron chi connectivity index (χ0n) is 3.45. The highest BCUT2D eigenvalue weighted by molar-refractivity contribution is 4.80. The third-order valence-corrected chi connectivity index (χ3v) is 0.863. The van der Waals surface area contributed by atoms with E-state index in [4.69, 9.17) is 0 Å². The summed E-state index contributed by atoms with van der Waals surface area (Å²) in [6.45, 7) is 2.29. The van der Waals surface area contributed by atoms with Crippen molar-refractivity contribution in [3.05, 3.63) is 6.54 Å². The molecule has 1 aliphatic rings. The van der Waals surface area contributed by atoms with Gasteiger partial charge in [0.25, 0.3) is 0 Å². The van der Waals surface area contributed by atoms with E-state index < -0.39 is 6.17 Å². The van der Waals surface area contributed by atoms with E-state index in [0.29, 0.717) is 6.42 Å². The maximum Gasteiger partial charge on any atom is 0.118 e. The minimum Gasteiger partial charge on any atom is -0.310 e. The molecule has 1 unspecified atom stereocenters. The number of hydrogen-bond acceptors (Lipinski definition) is 1. The molecule has 1 aliphatic heterocycles. The topological polar surface area (TPSA) is 12.0 Å². The molecule has 0 spiro atoms. The summed E-state index contributed by atoms with van der Waals surface area (Å²) in [5.41, 5.74) is 0. The van der Waals surface area contributed by atoms with Crippen molar-refractivity contribution in [1.29, 1.82) is 0 Å². The van der Waals surface area contributed by atoms with Crippen molar-refractivity contribution in [1.82, 2.24) is 5.32 Å². The Bertz CT molecular complexity index is 40.8. The fourth-order valence-corrected chi connectivity index (χ4v) is 0.516. The van der Waals surface area contributed by atoms with Crippen molar-refractivity contribution in [2.24, 2.45) is 0 Å². The molecule has 0 saturated carbocycles. The van der Waals surface area contributed by atoms with Crippen molar-refractivity contribution in [3.8, 4) is 0 Å². The van der Waals surface area contributed by atoms with E-state index >= 15 is 0 Å². The van der Waals surface area contributed by atoms with Crippen LogP contribution in [0.25, 0.3) is 0 Å². The van der Waals surface area contributed by atoms with E-state index in [1.165, 1.54) is 6.54 Å². The van der Waals surface area contributed by atoms with Crippen molar-refractivity contribution in [2.75, 3.05) is 6.54 Å². The van der Waals surface area contributed by atoms with E-state index in [2.05, 4.69) is 5.32 Å². The van der Waals surface area contributed by atoms with Crippen LogP contribution >= 0.6 is 0 Å². The smallest absolute Gasteiger partial charge is 0.118 e. The molecule has 0 aromatic carbocycles. The van der Waals surface area contributed by atoms with Gasteiger partial charge in [-0.2, -0.15) is 0 Å². The first-order chi connectivity index (χ1) is 2.89. The normalized spacial score (nSPS) is 34.5. The van der Waals surface area contributed by atoms with Crippen molar-refractivity contribution in [3.63, 3.8) is 0 Å². The second-order valence-corrected chi connectivity index (χ2v) is 1.43. The molecule has 1 N–H and O–H groups in total. The largest absolute Gasteiger partial charge is 0.310 e. The van der Waals surface area contributed by atoms with E-state index in [0.717, 1.165) is 6.54 Å². The Hall–Kier alpha value is -0.110. The van der Waals surface area contributed by atoms with Crippen LogP contribution in [-0.4, -0.2) is 12.7 Å².